The fourth-order valence-electron chi connectivity index (χ4n) is 3.01. The third kappa shape index (κ3) is 6.57. The van der Waals surface area contributed by atoms with Gasteiger partial charge in [-0.3, -0.25) is 4.79 Å². The van der Waals surface area contributed by atoms with Crippen molar-refractivity contribution in [2.24, 2.45) is 5.92 Å². The molecule has 0 radical (unpaired) electrons. The summed E-state index contributed by atoms with van der Waals surface area (Å²) in [5.74, 6) is 0.976. The predicted molar refractivity (Wildman–Crippen MR) is 116 cm³/mol. The SMILES string of the molecule is CC(C)CNC(Cc1ccc(OCCNCc2nc3ccccc3o2)cc1)C(=O)O. The van der Waals surface area contributed by atoms with E-state index >= 15 is 0 Å². The van der Waals surface area contributed by atoms with Crippen molar-refractivity contribution in [2.75, 3.05) is 19.7 Å². The number of fused-ring (bicyclic) bond motifs is 1. The van der Waals surface area contributed by atoms with E-state index in [9.17, 15) is 9.90 Å². The molecule has 0 bridgehead atoms. The number of ether oxygens (including phenoxy) is 1. The maximum Gasteiger partial charge on any atom is 0.321 e. The lowest BCUT2D eigenvalue weighted by molar-refractivity contribution is -0.139. The number of benzene rings is 2. The number of nitrogens with one attached hydrogen (secondary N) is 2. The van der Waals surface area contributed by atoms with Gasteiger partial charge in [0, 0.05) is 6.54 Å². The highest BCUT2D eigenvalue weighted by molar-refractivity contribution is 5.74. The number of rotatable bonds is 12. The smallest absolute Gasteiger partial charge is 0.321 e. The zero-order valence-electron chi connectivity index (χ0n) is 17.4. The van der Waals surface area contributed by atoms with Gasteiger partial charge in [0.15, 0.2) is 5.58 Å². The van der Waals surface area contributed by atoms with Gasteiger partial charge in [-0.1, -0.05) is 38.1 Å². The number of carbonyl (C=O) groups is 1. The normalized spacial score (nSPS) is 12.4. The molecule has 1 aromatic heterocycles. The number of carboxylic acids is 1. The Hall–Kier alpha value is -2.90. The van der Waals surface area contributed by atoms with E-state index in [1.165, 1.54) is 0 Å². The van der Waals surface area contributed by atoms with Gasteiger partial charge < -0.3 is 24.9 Å². The fourth-order valence-corrected chi connectivity index (χ4v) is 3.01. The molecule has 7 nitrogen and oxygen atoms in total. The van der Waals surface area contributed by atoms with E-state index < -0.39 is 12.0 Å². The highest BCUT2D eigenvalue weighted by Gasteiger charge is 2.17. The molecule has 1 atom stereocenters. The summed E-state index contributed by atoms with van der Waals surface area (Å²) in [6, 6.07) is 14.7. The van der Waals surface area contributed by atoms with Crippen LogP contribution in [0.2, 0.25) is 0 Å². The molecule has 3 rings (SSSR count). The first-order valence-corrected chi connectivity index (χ1v) is 10.2. The minimum absolute atomic E-state index is 0.402. The van der Waals surface area contributed by atoms with Gasteiger partial charge in [-0.25, -0.2) is 4.98 Å². The van der Waals surface area contributed by atoms with Crippen LogP contribution in [0.15, 0.2) is 52.9 Å². The van der Waals surface area contributed by atoms with E-state index in [1.807, 2.05) is 48.5 Å². The third-order valence-electron chi connectivity index (χ3n) is 4.60. The summed E-state index contributed by atoms with van der Waals surface area (Å²) in [7, 11) is 0. The van der Waals surface area contributed by atoms with Crippen LogP contribution in [0.5, 0.6) is 5.75 Å². The lowest BCUT2D eigenvalue weighted by Crippen LogP contribution is -2.40. The second kappa shape index (κ2) is 10.8. The summed E-state index contributed by atoms with van der Waals surface area (Å²) in [4.78, 5) is 15.9. The van der Waals surface area contributed by atoms with E-state index in [1.54, 1.807) is 0 Å². The summed E-state index contributed by atoms with van der Waals surface area (Å²) in [6.45, 7) is 6.49. The molecule has 0 saturated carbocycles. The zero-order valence-corrected chi connectivity index (χ0v) is 17.4. The van der Waals surface area contributed by atoms with Gasteiger partial charge in [-0.05, 0) is 48.7 Å². The van der Waals surface area contributed by atoms with Gasteiger partial charge in [0.1, 0.15) is 23.9 Å². The van der Waals surface area contributed by atoms with Crippen LogP contribution in [0, 0.1) is 5.92 Å². The van der Waals surface area contributed by atoms with Crippen molar-refractivity contribution in [1.29, 1.82) is 0 Å². The second-order valence-corrected chi connectivity index (χ2v) is 7.64. The van der Waals surface area contributed by atoms with E-state index in [-0.39, 0.29) is 0 Å². The summed E-state index contributed by atoms with van der Waals surface area (Å²) < 4.78 is 11.4. The molecule has 0 saturated heterocycles. The average molecular weight is 412 g/mol. The van der Waals surface area contributed by atoms with Crippen LogP contribution in [0.4, 0.5) is 0 Å². The molecule has 0 aliphatic rings. The number of hydrogen-bond donors (Lipinski definition) is 3. The van der Waals surface area contributed by atoms with Crippen LogP contribution in [-0.4, -0.2) is 41.8 Å². The molecule has 0 amide bonds. The van der Waals surface area contributed by atoms with Gasteiger partial charge >= 0.3 is 5.97 Å². The van der Waals surface area contributed by atoms with E-state index in [0.29, 0.717) is 44.5 Å². The highest BCUT2D eigenvalue weighted by Crippen LogP contribution is 2.15. The fraction of sp³-hybridized carbons (Fsp3) is 0.391. The lowest BCUT2D eigenvalue weighted by atomic mass is 10.1. The molecule has 1 heterocycles. The first-order valence-electron chi connectivity index (χ1n) is 10.2. The van der Waals surface area contributed by atoms with E-state index in [0.717, 1.165) is 22.4 Å². The Balaban J connectivity index is 1.39. The number of oxazole rings is 1. The molecular weight excluding hydrogens is 382 g/mol. The van der Waals surface area contributed by atoms with Gasteiger partial charge in [-0.2, -0.15) is 0 Å². The van der Waals surface area contributed by atoms with Crippen molar-refractivity contribution in [3.8, 4) is 5.75 Å². The Morgan fingerprint density at radius 1 is 1.17 bits per heavy atom. The zero-order chi connectivity index (χ0) is 21.3. The number of para-hydroxylation sites is 2. The number of nitrogens with zero attached hydrogens (tertiary/aromatic N) is 1. The quantitative estimate of drug-likeness (QED) is 0.394. The number of aliphatic carboxylic acids is 1. The van der Waals surface area contributed by atoms with Crippen LogP contribution < -0.4 is 15.4 Å². The van der Waals surface area contributed by atoms with Crippen LogP contribution in [0.3, 0.4) is 0 Å². The maximum atomic E-state index is 11.4. The lowest BCUT2D eigenvalue weighted by Gasteiger charge is -2.16. The van der Waals surface area contributed by atoms with E-state index in [2.05, 4.69) is 29.5 Å². The minimum atomic E-state index is -0.832. The third-order valence-corrected chi connectivity index (χ3v) is 4.60. The molecule has 3 aromatic rings. The molecular formula is C23H29N3O4. The standard InChI is InChI=1S/C23H29N3O4/c1-16(2)14-25-20(23(27)28)13-17-7-9-18(10-8-17)29-12-11-24-15-22-26-19-5-3-4-6-21(19)30-22/h3-10,16,20,24-25H,11-15H2,1-2H3,(H,27,28). The first-order chi connectivity index (χ1) is 14.5. The monoisotopic (exact) mass is 411 g/mol. The Morgan fingerprint density at radius 3 is 2.63 bits per heavy atom. The van der Waals surface area contributed by atoms with Crippen molar-refractivity contribution in [3.63, 3.8) is 0 Å². The molecule has 3 N–H and O–H groups in total. The minimum Gasteiger partial charge on any atom is -0.492 e. The molecule has 0 aliphatic carbocycles. The Morgan fingerprint density at radius 2 is 1.93 bits per heavy atom. The van der Waals surface area contributed by atoms with Crippen molar-refractivity contribution >= 4 is 17.1 Å². The molecule has 1 unspecified atom stereocenters. The van der Waals surface area contributed by atoms with E-state index in [4.69, 9.17) is 9.15 Å². The molecule has 30 heavy (non-hydrogen) atoms. The van der Waals surface area contributed by atoms with Gasteiger partial charge in [0.2, 0.25) is 5.89 Å². The summed E-state index contributed by atoms with van der Waals surface area (Å²) >= 11 is 0. The van der Waals surface area contributed by atoms with Gasteiger partial charge in [-0.15, -0.1) is 0 Å². The second-order valence-electron chi connectivity index (χ2n) is 7.64. The Labute approximate surface area is 176 Å². The Kier molecular flexibility index (Phi) is 7.82. The van der Waals surface area contributed by atoms with Crippen LogP contribution in [-0.2, 0) is 17.8 Å². The summed E-state index contributed by atoms with van der Waals surface area (Å²) in [6.07, 6.45) is 0.439. The molecule has 0 spiro atoms. The maximum absolute atomic E-state index is 11.4. The van der Waals surface area contributed by atoms with Crippen LogP contribution in [0.25, 0.3) is 11.1 Å². The van der Waals surface area contributed by atoms with Gasteiger partial charge in [0.05, 0.1) is 6.54 Å². The molecule has 7 heteroatoms. The summed E-state index contributed by atoms with van der Waals surface area (Å²) in [5, 5.41) is 15.7. The van der Waals surface area contributed by atoms with Crippen molar-refractivity contribution in [3.05, 3.63) is 60.0 Å². The molecule has 2 aromatic carbocycles. The topological polar surface area (TPSA) is 96.6 Å². The van der Waals surface area contributed by atoms with Crippen molar-refractivity contribution in [2.45, 2.75) is 32.9 Å². The largest absolute Gasteiger partial charge is 0.492 e. The van der Waals surface area contributed by atoms with Crippen LogP contribution in [0.1, 0.15) is 25.3 Å². The molecule has 0 aliphatic heterocycles. The number of hydrogen-bond acceptors (Lipinski definition) is 6. The average Bonchev–Trinajstić information content (AvgIpc) is 3.14. The molecule has 0 fully saturated rings. The number of carboxylic acid groups (broad SMARTS) is 1. The summed E-state index contributed by atoms with van der Waals surface area (Å²) in [5.41, 5.74) is 2.60. The highest BCUT2D eigenvalue weighted by atomic mass is 16.5. The van der Waals surface area contributed by atoms with Crippen molar-refractivity contribution < 1.29 is 19.1 Å². The molecule has 160 valence electrons. The van der Waals surface area contributed by atoms with Crippen LogP contribution >= 0.6 is 0 Å². The van der Waals surface area contributed by atoms with Crippen molar-refractivity contribution in [1.82, 2.24) is 15.6 Å². The first kappa shape index (κ1) is 21.8. The van der Waals surface area contributed by atoms with Gasteiger partial charge in [0.25, 0.3) is 0 Å². The Bertz CT molecular complexity index is 904. The predicted octanol–water partition coefficient (Wildman–Crippen LogP) is 3.24. The number of aromatic nitrogens is 1.